The topological polar surface area (TPSA) is 41.6 Å². The summed E-state index contributed by atoms with van der Waals surface area (Å²) < 4.78 is 2.13. The summed E-state index contributed by atoms with van der Waals surface area (Å²) in [6.45, 7) is 0.728. The fourth-order valence-corrected chi connectivity index (χ4v) is 2.68. The Labute approximate surface area is 140 Å². The normalized spacial score (nSPS) is 10.4. The molecule has 1 heterocycles. The van der Waals surface area contributed by atoms with Crippen molar-refractivity contribution in [3.05, 3.63) is 88.5 Å². The van der Waals surface area contributed by atoms with E-state index in [4.69, 9.17) is 16.9 Å². The molecule has 0 N–H and O–H groups in total. The fourth-order valence-electron chi connectivity index (χ4n) is 2.56. The smallest absolute Gasteiger partial charge is 0.109 e. The second kappa shape index (κ2) is 7.13. The quantitative estimate of drug-likeness (QED) is 0.705. The molecular formula is C19H16ClN3. The van der Waals surface area contributed by atoms with Crippen molar-refractivity contribution in [2.75, 3.05) is 0 Å². The number of nitrogens with zero attached hydrogens (tertiary/aromatic N) is 3. The predicted octanol–water partition coefficient (Wildman–Crippen LogP) is 4.24. The summed E-state index contributed by atoms with van der Waals surface area (Å²) >= 11 is 5.91. The molecule has 0 radical (unpaired) electrons. The first-order valence-electron chi connectivity index (χ1n) is 7.48. The zero-order valence-corrected chi connectivity index (χ0v) is 13.4. The molecule has 0 atom stereocenters. The number of nitriles is 1. The predicted molar refractivity (Wildman–Crippen MR) is 91.3 cm³/mol. The monoisotopic (exact) mass is 321 g/mol. The molecule has 0 saturated carbocycles. The van der Waals surface area contributed by atoms with Gasteiger partial charge in [0.1, 0.15) is 5.82 Å². The van der Waals surface area contributed by atoms with Gasteiger partial charge in [-0.2, -0.15) is 5.26 Å². The highest BCUT2D eigenvalue weighted by Crippen LogP contribution is 2.13. The Morgan fingerprint density at radius 3 is 2.65 bits per heavy atom. The molecule has 3 aromatic rings. The summed E-state index contributed by atoms with van der Waals surface area (Å²) in [5.74, 6) is 1.04. The molecule has 2 aromatic carbocycles. The average Bonchev–Trinajstić information content (AvgIpc) is 3.01. The van der Waals surface area contributed by atoms with Crippen LogP contribution in [0.4, 0.5) is 0 Å². The van der Waals surface area contributed by atoms with Crippen LogP contribution in [-0.2, 0) is 19.4 Å². The summed E-state index contributed by atoms with van der Waals surface area (Å²) in [6, 6.07) is 17.8. The number of aromatic nitrogens is 2. The van der Waals surface area contributed by atoms with Gasteiger partial charge < -0.3 is 4.57 Å². The standard InChI is InChI=1S/C19H16ClN3/c20-18-7-4-15(5-8-18)6-9-19-22-10-11-23(19)14-17-3-1-2-16(12-17)13-21/h1-5,7-8,10-12H,6,9,14H2. The van der Waals surface area contributed by atoms with E-state index >= 15 is 0 Å². The van der Waals surface area contributed by atoms with Crippen LogP contribution in [0.3, 0.4) is 0 Å². The summed E-state index contributed by atoms with van der Waals surface area (Å²) in [5, 5.41) is 9.75. The van der Waals surface area contributed by atoms with Gasteiger partial charge in [0, 0.05) is 30.4 Å². The summed E-state index contributed by atoms with van der Waals surface area (Å²) in [6.07, 6.45) is 5.60. The molecule has 3 nitrogen and oxygen atoms in total. The molecule has 4 heteroatoms. The van der Waals surface area contributed by atoms with Crippen LogP contribution in [0.25, 0.3) is 0 Å². The van der Waals surface area contributed by atoms with Gasteiger partial charge in [0.2, 0.25) is 0 Å². The molecule has 23 heavy (non-hydrogen) atoms. The van der Waals surface area contributed by atoms with Gasteiger partial charge in [-0.15, -0.1) is 0 Å². The lowest BCUT2D eigenvalue weighted by molar-refractivity contribution is 0.712. The van der Waals surface area contributed by atoms with Gasteiger partial charge in [0.15, 0.2) is 0 Å². The Bertz CT molecular complexity index is 828. The minimum Gasteiger partial charge on any atom is -0.331 e. The van der Waals surface area contributed by atoms with Crippen molar-refractivity contribution in [3.8, 4) is 6.07 Å². The lowest BCUT2D eigenvalue weighted by Crippen LogP contribution is -2.06. The molecule has 3 rings (SSSR count). The highest BCUT2D eigenvalue weighted by Gasteiger charge is 2.05. The number of halogens is 1. The van der Waals surface area contributed by atoms with Gasteiger partial charge in [0.05, 0.1) is 11.6 Å². The van der Waals surface area contributed by atoms with Crippen molar-refractivity contribution >= 4 is 11.6 Å². The lowest BCUT2D eigenvalue weighted by atomic mass is 10.1. The number of benzene rings is 2. The van der Waals surface area contributed by atoms with Crippen molar-refractivity contribution in [1.82, 2.24) is 9.55 Å². The molecule has 0 saturated heterocycles. The van der Waals surface area contributed by atoms with Gasteiger partial charge in [-0.1, -0.05) is 35.9 Å². The van der Waals surface area contributed by atoms with Crippen molar-refractivity contribution < 1.29 is 0 Å². The Balaban J connectivity index is 1.69. The molecule has 0 bridgehead atoms. The number of hydrogen-bond acceptors (Lipinski definition) is 2. The zero-order chi connectivity index (χ0) is 16.1. The van der Waals surface area contributed by atoms with E-state index in [1.807, 2.05) is 60.9 Å². The largest absolute Gasteiger partial charge is 0.331 e. The van der Waals surface area contributed by atoms with Crippen LogP contribution in [0.15, 0.2) is 60.9 Å². The van der Waals surface area contributed by atoms with Crippen LogP contribution in [0.1, 0.15) is 22.5 Å². The Morgan fingerprint density at radius 1 is 1.04 bits per heavy atom. The number of imidazole rings is 1. The van der Waals surface area contributed by atoms with Crippen LogP contribution in [-0.4, -0.2) is 9.55 Å². The Kier molecular flexibility index (Phi) is 4.75. The van der Waals surface area contributed by atoms with Gasteiger partial charge in [-0.3, -0.25) is 0 Å². The molecule has 114 valence electrons. The van der Waals surface area contributed by atoms with Crippen LogP contribution in [0.5, 0.6) is 0 Å². The van der Waals surface area contributed by atoms with E-state index in [-0.39, 0.29) is 0 Å². The molecule has 0 aliphatic heterocycles. The summed E-state index contributed by atoms with van der Waals surface area (Å²) in [7, 11) is 0. The molecule has 0 fully saturated rings. The summed E-state index contributed by atoms with van der Waals surface area (Å²) in [4.78, 5) is 4.46. The van der Waals surface area contributed by atoms with Gasteiger partial charge >= 0.3 is 0 Å². The SMILES string of the molecule is N#Cc1cccc(Cn2ccnc2CCc2ccc(Cl)cc2)c1. The summed E-state index contributed by atoms with van der Waals surface area (Å²) in [5.41, 5.74) is 3.04. The van der Waals surface area contributed by atoms with Crippen LogP contribution in [0, 0.1) is 11.3 Å². The van der Waals surface area contributed by atoms with Gasteiger partial charge in [-0.25, -0.2) is 4.98 Å². The molecule has 0 amide bonds. The van der Waals surface area contributed by atoms with E-state index in [9.17, 15) is 0 Å². The van der Waals surface area contributed by atoms with E-state index < -0.39 is 0 Å². The van der Waals surface area contributed by atoms with E-state index in [0.717, 1.165) is 35.8 Å². The van der Waals surface area contributed by atoms with Crippen LogP contribution < -0.4 is 0 Å². The second-order valence-electron chi connectivity index (χ2n) is 5.41. The molecule has 0 aliphatic carbocycles. The maximum absolute atomic E-state index is 8.99. The number of aryl methyl sites for hydroxylation is 2. The van der Waals surface area contributed by atoms with Crippen molar-refractivity contribution in [1.29, 1.82) is 5.26 Å². The highest BCUT2D eigenvalue weighted by molar-refractivity contribution is 6.30. The van der Waals surface area contributed by atoms with E-state index in [2.05, 4.69) is 15.6 Å². The van der Waals surface area contributed by atoms with Crippen LogP contribution in [0.2, 0.25) is 5.02 Å². The molecule has 1 aromatic heterocycles. The third-order valence-corrected chi connectivity index (χ3v) is 4.01. The van der Waals surface area contributed by atoms with Crippen molar-refractivity contribution in [2.24, 2.45) is 0 Å². The Hall–Kier alpha value is -2.57. The average molecular weight is 322 g/mol. The Morgan fingerprint density at radius 2 is 1.87 bits per heavy atom. The number of rotatable bonds is 5. The first-order valence-corrected chi connectivity index (χ1v) is 7.86. The fraction of sp³-hybridized carbons (Fsp3) is 0.158. The number of hydrogen-bond donors (Lipinski definition) is 0. The zero-order valence-electron chi connectivity index (χ0n) is 12.6. The van der Waals surface area contributed by atoms with Crippen LogP contribution >= 0.6 is 11.6 Å². The second-order valence-corrected chi connectivity index (χ2v) is 5.85. The van der Waals surface area contributed by atoms with Crippen molar-refractivity contribution in [2.45, 2.75) is 19.4 Å². The third-order valence-electron chi connectivity index (χ3n) is 3.76. The maximum Gasteiger partial charge on any atom is 0.109 e. The van der Waals surface area contributed by atoms with Gasteiger partial charge in [-0.05, 0) is 41.8 Å². The molecular weight excluding hydrogens is 306 g/mol. The minimum atomic E-state index is 0.685. The van der Waals surface area contributed by atoms with E-state index in [0.29, 0.717) is 5.56 Å². The first kappa shape index (κ1) is 15.3. The third kappa shape index (κ3) is 4.00. The molecule has 0 aliphatic rings. The molecule has 0 unspecified atom stereocenters. The minimum absolute atomic E-state index is 0.685. The maximum atomic E-state index is 8.99. The van der Waals surface area contributed by atoms with E-state index in [1.165, 1.54) is 5.56 Å². The van der Waals surface area contributed by atoms with E-state index in [1.54, 1.807) is 0 Å². The van der Waals surface area contributed by atoms with Crippen molar-refractivity contribution in [3.63, 3.8) is 0 Å². The first-order chi connectivity index (χ1) is 11.2. The molecule has 0 spiro atoms. The van der Waals surface area contributed by atoms with Gasteiger partial charge in [0.25, 0.3) is 0 Å². The highest BCUT2D eigenvalue weighted by atomic mass is 35.5. The lowest BCUT2D eigenvalue weighted by Gasteiger charge is -2.08.